The van der Waals surface area contributed by atoms with Crippen LogP contribution in [0.2, 0.25) is 0 Å². The number of piperidine rings is 1. The Hall–Kier alpha value is -2.22. The molecule has 1 N–H and O–H groups in total. The first-order valence-electron chi connectivity index (χ1n) is 9.13. The first-order valence-corrected chi connectivity index (χ1v) is 9.13. The Morgan fingerprint density at radius 1 is 1.35 bits per heavy atom. The van der Waals surface area contributed by atoms with Gasteiger partial charge in [0.25, 0.3) is 0 Å². The van der Waals surface area contributed by atoms with Gasteiger partial charge in [0.1, 0.15) is 12.7 Å². The van der Waals surface area contributed by atoms with Crippen LogP contribution in [0.15, 0.2) is 25.0 Å². The average molecular weight is 359 g/mol. The molecule has 0 radical (unpaired) electrons. The third-order valence-corrected chi connectivity index (χ3v) is 5.81. The lowest BCUT2D eigenvalue weighted by Crippen LogP contribution is -2.50. The number of nitrogens with one attached hydrogen (secondary N) is 1. The van der Waals surface area contributed by atoms with Crippen molar-refractivity contribution in [3.05, 3.63) is 30.6 Å². The second-order valence-electron chi connectivity index (χ2n) is 7.82. The van der Waals surface area contributed by atoms with Crippen molar-refractivity contribution in [3.8, 4) is 0 Å². The smallest absolute Gasteiger partial charge is 0.222 e. The number of rotatable bonds is 6. The molecule has 3 rings (SSSR count). The van der Waals surface area contributed by atoms with Gasteiger partial charge in [0.15, 0.2) is 0 Å². The van der Waals surface area contributed by atoms with Crippen molar-refractivity contribution < 1.29 is 4.79 Å². The summed E-state index contributed by atoms with van der Waals surface area (Å²) in [7, 11) is 3.80. The minimum Gasteiger partial charge on any atom is -0.338 e. The Labute approximate surface area is 154 Å². The summed E-state index contributed by atoms with van der Waals surface area (Å²) in [6, 6.07) is 0.251. The third kappa shape index (κ3) is 3.51. The van der Waals surface area contributed by atoms with Crippen LogP contribution < -0.4 is 5.32 Å². The fourth-order valence-corrected chi connectivity index (χ4v) is 3.70. The van der Waals surface area contributed by atoms with Gasteiger partial charge in [-0.15, -0.1) is 0 Å². The lowest BCUT2D eigenvalue weighted by Gasteiger charge is -2.40. The zero-order valence-electron chi connectivity index (χ0n) is 16.3. The second-order valence-corrected chi connectivity index (χ2v) is 7.82. The summed E-state index contributed by atoms with van der Waals surface area (Å²) >= 11 is 0. The molecular weight excluding hydrogens is 330 g/mol. The van der Waals surface area contributed by atoms with Crippen LogP contribution in [-0.2, 0) is 17.4 Å². The van der Waals surface area contributed by atoms with E-state index in [9.17, 15) is 4.79 Å². The van der Waals surface area contributed by atoms with E-state index in [0.29, 0.717) is 12.3 Å². The summed E-state index contributed by atoms with van der Waals surface area (Å²) in [6.07, 6.45) is 8.68. The minimum absolute atomic E-state index is 0.0548. The fraction of sp³-hybridized carbons (Fsp3) is 0.667. The number of carbonyl (C=O) groups is 1. The molecule has 1 unspecified atom stereocenters. The van der Waals surface area contributed by atoms with Gasteiger partial charge in [0.05, 0.1) is 17.8 Å². The highest BCUT2D eigenvalue weighted by molar-refractivity contribution is 5.77. The first-order chi connectivity index (χ1) is 12.3. The lowest BCUT2D eigenvalue weighted by molar-refractivity contribution is -0.137. The van der Waals surface area contributed by atoms with Crippen LogP contribution >= 0.6 is 0 Å². The number of nitrogens with zero attached hydrogens (tertiary/aromatic N) is 6. The number of hydrogen-bond donors (Lipinski definition) is 1. The number of amides is 1. The van der Waals surface area contributed by atoms with Gasteiger partial charge >= 0.3 is 0 Å². The Bertz CT molecular complexity index is 737. The third-order valence-electron chi connectivity index (χ3n) is 5.81. The maximum absolute atomic E-state index is 12.2. The molecule has 1 saturated heterocycles. The summed E-state index contributed by atoms with van der Waals surface area (Å²) in [5.74, 6) is 0.544. The number of hydrogen-bond acceptors (Lipinski definition) is 5. The molecule has 0 aliphatic carbocycles. The van der Waals surface area contributed by atoms with Crippen LogP contribution in [-0.4, -0.2) is 55.0 Å². The lowest BCUT2D eigenvalue weighted by atomic mass is 9.85. The molecule has 0 spiro atoms. The molecule has 1 aliphatic heterocycles. The van der Waals surface area contributed by atoms with Gasteiger partial charge in [0, 0.05) is 44.9 Å². The quantitative estimate of drug-likeness (QED) is 0.842. The molecule has 8 nitrogen and oxygen atoms in total. The van der Waals surface area contributed by atoms with Crippen molar-refractivity contribution in [3.63, 3.8) is 0 Å². The minimum atomic E-state index is -0.198. The largest absolute Gasteiger partial charge is 0.338 e. The first kappa shape index (κ1) is 18.6. The predicted molar refractivity (Wildman–Crippen MR) is 98.3 cm³/mol. The monoisotopic (exact) mass is 359 g/mol. The van der Waals surface area contributed by atoms with Crippen molar-refractivity contribution in [2.75, 3.05) is 13.6 Å². The molecule has 0 saturated carbocycles. The SMILES string of the molecule is CC(NC[C@H]1CCC(=O)N(C)[C@@H]1c1cnn(C)c1)C(C)(C)n1cncn1. The zero-order chi connectivity index (χ0) is 18.9. The van der Waals surface area contributed by atoms with E-state index in [0.717, 1.165) is 18.5 Å². The predicted octanol–water partition coefficient (Wildman–Crippen LogP) is 1.33. The van der Waals surface area contributed by atoms with Crippen LogP contribution in [0.1, 0.15) is 45.2 Å². The fourth-order valence-electron chi connectivity index (χ4n) is 3.70. The average Bonchev–Trinajstić information content (AvgIpc) is 3.27. The van der Waals surface area contributed by atoms with Crippen LogP contribution in [0.5, 0.6) is 0 Å². The Kier molecular flexibility index (Phi) is 5.13. The van der Waals surface area contributed by atoms with Gasteiger partial charge in [-0.2, -0.15) is 10.2 Å². The number of aromatic nitrogens is 5. The second kappa shape index (κ2) is 7.19. The molecule has 0 bridgehead atoms. The Morgan fingerprint density at radius 2 is 2.12 bits per heavy atom. The maximum Gasteiger partial charge on any atom is 0.222 e. The van der Waals surface area contributed by atoms with Gasteiger partial charge in [-0.25, -0.2) is 9.67 Å². The van der Waals surface area contributed by atoms with E-state index in [1.165, 1.54) is 0 Å². The molecule has 8 heteroatoms. The summed E-state index contributed by atoms with van der Waals surface area (Å²) in [5, 5.41) is 12.3. The van der Waals surface area contributed by atoms with E-state index in [4.69, 9.17) is 0 Å². The van der Waals surface area contributed by atoms with E-state index in [2.05, 4.69) is 41.3 Å². The standard InChI is InChI=1S/C18H29N7O/c1-13(18(2,3)25-12-19-11-22-25)20-8-14-6-7-16(26)24(5)17(14)15-9-21-23(4)10-15/h9-14,17,20H,6-8H2,1-5H3/t13?,14-,17+/m1/s1. The van der Waals surface area contributed by atoms with E-state index in [1.807, 2.05) is 36.1 Å². The normalized spacial score (nSPS) is 22.7. The van der Waals surface area contributed by atoms with E-state index >= 15 is 0 Å². The van der Waals surface area contributed by atoms with Gasteiger partial charge in [-0.05, 0) is 33.1 Å². The topological polar surface area (TPSA) is 80.9 Å². The number of aryl methyl sites for hydroxylation is 1. The van der Waals surface area contributed by atoms with E-state index < -0.39 is 0 Å². The number of carbonyl (C=O) groups excluding carboxylic acids is 1. The molecular formula is C18H29N7O. The highest BCUT2D eigenvalue weighted by atomic mass is 16.2. The zero-order valence-corrected chi connectivity index (χ0v) is 16.3. The summed E-state index contributed by atoms with van der Waals surface area (Å²) < 4.78 is 3.68. The molecule has 3 atom stereocenters. The van der Waals surface area contributed by atoms with Crippen LogP contribution in [0, 0.1) is 5.92 Å². The van der Waals surface area contributed by atoms with Crippen molar-refractivity contribution >= 4 is 5.91 Å². The van der Waals surface area contributed by atoms with E-state index in [1.54, 1.807) is 17.3 Å². The highest BCUT2D eigenvalue weighted by Gasteiger charge is 2.36. The molecule has 2 aromatic heterocycles. The van der Waals surface area contributed by atoms with Gasteiger partial charge in [0.2, 0.25) is 5.91 Å². The van der Waals surface area contributed by atoms with Crippen molar-refractivity contribution in [2.45, 2.75) is 51.2 Å². The molecule has 2 aromatic rings. The van der Waals surface area contributed by atoms with E-state index in [-0.39, 0.29) is 23.5 Å². The van der Waals surface area contributed by atoms with Crippen LogP contribution in [0.25, 0.3) is 0 Å². The van der Waals surface area contributed by atoms with Gasteiger partial charge in [-0.3, -0.25) is 9.48 Å². The van der Waals surface area contributed by atoms with Crippen molar-refractivity contribution in [1.82, 2.24) is 34.8 Å². The Morgan fingerprint density at radius 3 is 2.73 bits per heavy atom. The van der Waals surface area contributed by atoms with Gasteiger partial charge in [-0.1, -0.05) is 0 Å². The maximum atomic E-state index is 12.2. The van der Waals surface area contributed by atoms with Crippen molar-refractivity contribution in [2.24, 2.45) is 13.0 Å². The molecule has 1 fully saturated rings. The summed E-state index contributed by atoms with van der Waals surface area (Å²) in [4.78, 5) is 18.2. The van der Waals surface area contributed by atoms with Crippen LogP contribution in [0.3, 0.4) is 0 Å². The summed E-state index contributed by atoms with van der Waals surface area (Å²) in [6.45, 7) is 7.29. The molecule has 1 amide bonds. The molecule has 26 heavy (non-hydrogen) atoms. The van der Waals surface area contributed by atoms with Crippen molar-refractivity contribution in [1.29, 1.82) is 0 Å². The molecule has 1 aliphatic rings. The molecule has 142 valence electrons. The van der Waals surface area contributed by atoms with Gasteiger partial charge < -0.3 is 10.2 Å². The summed E-state index contributed by atoms with van der Waals surface area (Å²) in [5.41, 5.74) is 0.898. The molecule has 3 heterocycles. The Balaban J connectivity index is 1.72. The molecule has 0 aromatic carbocycles. The van der Waals surface area contributed by atoms with Crippen LogP contribution in [0.4, 0.5) is 0 Å². The highest BCUT2D eigenvalue weighted by Crippen LogP contribution is 2.35. The number of likely N-dealkylation sites (tertiary alicyclic amines) is 1.